The molecule has 1 N–H and O–H groups in total. The zero-order valence-corrected chi connectivity index (χ0v) is 24.2. The summed E-state index contributed by atoms with van der Waals surface area (Å²) in [7, 11) is 0. The molecule has 0 spiro atoms. The molecule has 0 bridgehead atoms. The van der Waals surface area contributed by atoms with Crippen LogP contribution in [0, 0.1) is 0 Å². The number of unbranched alkanes of at least 4 members (excludes halogenated alkanes) is 7. The molecule has 39 heavy (non-hydrogen) atoms. The van der Waals surface area contributed by atoms with Crippen molar-refractivity contribution < 1.29 is 9.90 Å². The fraction of sp³-hybridized carbons (Fsp3) is 0.514. The smallest absolute Gasteiger partial charge is 0.303 e. The van der Waals surface area contributed by atoms with Crippen LogP contribution >= 0.6 is 0 Å². The van der Waals surface area contributed by atoms with Crippen LogP contribution in [0.1, 0.15) is 121 Å². The molecular formula is C35H48N2O2. The van der Waals surface area contributed by atoms with Crippen molar-refractivity contribution in [1.29, 1.82) is 0 Å². The number of aliphatic carboxylic acids is 1. The normalized spacial score (nSPS) is 13.2. The predicted octanol–water partition coefficient (Wildman–Crippen LogP) is 10.0. The van der Waals surface area contributed by atoms with Crippen molar-refractivity contribution in [3.05, 3.63) is 72.1 Å². The van der Waals surface area contributed by atoms with Gasteiger partial charge in [-0.2, -0.15) is 0 Å². The van der Waals surface area contributed by atoms with Crippen molar-refractivity contribution in [3.63, 3.8) is 0 Å². The minimum Gasteiger partial charge on any atom is -0.481 e. The van der Waals surface area contributed by atoms with Crippen molar-refractivity contribution in [2.45, 2.75) is 116 Å². The highest BCUT2D eigenvalue weighted by Gasteiger charge is 2.17. The maximum atomic E-state index is 9.96. The molecule has 1 aliphatic rings. The SMILES string of the molecule is CCCCCCC(=O)O.CCCCCCCc1ccc(-c2ccc(-c3ncc(C4CCCC4)cn3)cc2)cc1. The van der Waals surface area contributed by atoms with Gasteiger partial charge in [-0.15, -0.1) is 0 Å². The molecule has 0 unspecified atom stereocenters. The van der Waals surface area contributed by atoms with E-state index < -0.39 is 5.97 Å². The first kappa shape index (κ1) is 30.5. The maximum absolute atomic E-state index is 9.96. The van der Waals surface area contributed by atoms with Crippen LogP contribution in [0.25, 0.3) is 22.5 Å². The van der Waals surface area contributed by atoms with Crippen LogP contribution in [0.2, 0.25) is 0 Å². The molecule has 0 radical (unpaired) electrons. The summed E-state index contributed by atoms with van der Waals surface area (Å²) < 4.78 is 0. The largest absolute Gasteiger partial charge is 0.481 e. The van der Waals surface area contributed by atoms with Gasteiger partial charge in [0.05, 0.1) is 0 Å². The molecular weight excluding hydrogens is 480 g/mol. The number of hydrogen-bond donors (Lipinski definition) is 1. The van der Waals surface area contributed by atoms with E-state index in [1.54, 1.807) is 0 Å². The first-order valence-corrected chi connectivity index (χ1v) is 15.3. The van der Waals surface area contributed by atoms with Crippen LogP contribution in [-0.2, 0) is 11.2 Å². The molecule has 0 amide bonds. The molecule has 0 saturated heterocycles. The van der Waals surface area contributed by atoms with Crippen LogP contribution in [-0.4, -0.2) is 21.0 Å². The standard InChI is InChI=1S/C28H34N2.C7H14O2/c1-2-3-4-5-6-9-22-12-14-24(15-13-22)25-16-18-26(19-17-25)28-29-20-27(21-30-28)23-10-7-8-11-23;1-2-3-4-5-6-7(8)9/h12-21,23H,2-11H2,1H3;2-6H2,1H3,(H,8,9). The van der Waals surface area contributed by atoms with Gasteiger partial charge in [0.1, 0.15) is 0 Å². The highest BCUT2D eigenvalue weighted by Crippen LogP contribution is 2.33. The van der Waals surface area contributed by atoms with Crippen LogP contribution in [0.3, 0.4) is 0 Å². The number of nitrogens with zero attached hydrogens (tertiary/aromatic N) is 2. The van der Waals surface area contributed by atoms with Gasteiger partial charge in [0.2, 0.25) is 0 Å². The summed E-state index contributed by atoms with van der Waals surface area (Å²) in [6.45, 7) is 4.38. The third-order valence-electron chi connectivity index (χ3n) is 7.74. The lowest BCUT2D eigenvalue weighted by Gasteiger charge is -2.09. The number of rotatable bonds is 14. The van der Waals surface area contributed by atoms with Gasteiger partial charge in [0.25, 0.3) is 0 Å². The van der Waals surface area contributed by atoms with E-state index in [-0.39, 0.29) is 0 Å². The Bertz CT molecular complexity index is 1070. The summed E-state index contributed by atoms with van der Waals surface area (Å²) in [5.74, 6) is 0.813. The Morgan fingerprint density at radius 3 is 1.79 bits per heavy atom. The van der Waals surface area contributed by atoms with Gasteiger partial charge in [-0.1, -0.05) is 120 Å². The predicted molar refractivity (Wildman–Crippen MR) is 163 cm³/mol. The van der Waals surface area contributed by atoms with Gasteiger partial charge in [-0.05, 0) is 60.3 Å². The number of carboxylic acids is 1. The second kappa shape index (κ2) is 17.6. The first-order chi connectivity index (χ1) is 19.1. The van der Waals surface area contributed by atoms with Crippen LogP contribution in [0.5, 0.6) is 0 Å². The van der Waals surface area contributed by atoms with E-state index in [4.69, 9.17) is 5.11 Å². The van der Waals surface area contributed by atoms with Crippen LogP contribution in [0.4, 0.5) is 0 Å². The summed E-state index contributed by atoms with van der Waals surface area (Å²) in [4.78, 5) is 19.2. The summed E-state index contributed by atoms with van der Waals surface area (Å²) in [5, 5.41) is 8.21. The van der Waals surface area contributed by atoms with E-state index in [9.17, 15) is 4.79 Å². The third-order valence-corrected chi connectivity index (χ3v) is 7.74. The number of carboxylic acid groups (broad SMARTS) is 1. The molecule has 0 atom stereocenters. The van der Waals surface area contributed by atoms with E-state index in [2.05, 4.69) is 72.3 Å². The lowest BCUT2D eigenvalue weighted by Crippen LogP contribution is -1.96. The summed E-state index contributed by atoms with van der Waals surface area (Å²) in [6.07, 6.45) is 21.8. The number of aromatic nitrogens is 2. The Kier molecular flexibility index (Phi) is 13.7. The topological polar surface area (TPSA) is 63.1 Å². The van der Waals surface area contributed by atoms with Crippen molar-refractivity contribution >= 4 is 5.97 Å². The molecule has 1 saturated carbocycles. The van der Waals surface area contributed by atoms with Gasteiger partial charge in [0, 0.05) is 24.4 Å². The molecule has 4 rings (SSSR count). The van der Waals surface area contributed by atoms with Crippen LogP contribution in [0.15, 0.2) is 60.9 Å². The highest BCUT2D eigenvalue weighted by molar-refractivity contribution is 5.68. The molecule has 2 aromatic carbocycles. The highest BCUT2D eigenvalue weighted by atomic mass is 16.4. The fourth-order valence-electron chi connectivity index (χ4n) is 5.27. The number of benzene rings is 2. The summed E-state index contributed by atoms with van der Waals surface area (Å²) >= 11 is 0. The molecule has 1 aromatic heterocycles. The molecule has 1 aliphatic carbocycles. The van der Waals surface area contributed by atoms with Crippen molar-refractivity contribution in [3.8, 4) is 22.5 Å². The van der Waals surface area contributed by atoms with Crippen molar-refractivity contribution in [1.82, 2.24) is 9.97 Å². The Labute approximate surface area is 236 Å². The Morgan fingerprint density at radius 2 is 1.23 bits per heavy atom. The Hall–Kier alpha value is -3.01. The van der Waals surface area contributed by atoms with Gasteiger partial charge in [-0.25, -0.2) is 9.97 Å². The van der Waals surface area contributed by atoms with Gasteiger partial charge < -0.3 is 5.11 Å². The molecule has 1 fully saturated rings. The first-order valence-electron chi connectivity index (χ1n) is 15.3. The van der Waals surface area contributed by atoms with Crippen molar-refractivity contribution in [2.75, 3.05) is 0 Å². The molecule has 3 aromatic rings. The monoisotopic (exact) mass is 528 g/mol. The van der Waals surface area contributed by atoms with Gasteiger partial charge in [-0.3, -0.25) is 4.79 Å². The summed E-state index contributed by atoms with van der Waals surface area (Å²) in [6, 6.07) is 17.7. The minimum absolute atomic E-state index is 0.333. The zero-order valence-electron chi connectivity index (χ0n) is 24.2. The Morgan fingerprint density at radius 1 is 0.718 bits per heavy atom. The van der Waals surface area contributed by atoms with Gasteiger partial charge >= 0.3 is 5.97 Å². The van der Waals surface area contributed by atoms with E-state index >= 15 is 0 Å². The number of carbonyl (C=O) groups is 1. The second-order valence-corrected chi connectivity index (χ2v) is 11.0. The van der Waals surface area contributed by atoms with E-state index in [1.165, 1.54) is 92.9 Å². The quantitative estimate of drug-likeness (QED) is 0.211. The average Bonchev–Trinajstić information content (AvgIpc) is 3.51. The summed E-state index contributed by atoms with van der Waals surface area (Å²) in [5.41, 5.74) is 6.35. The van der Waals surface area contributed by atoms with Crippen molar-refractivity contribution in [2.24, 2.45) is 0 Å². The Balaban J connectivity index is 0.000000403. The third kappa shape index (κ3) is 10.9. The number of hydrogen-bond acceptors (Lipinski definition) is 3. The average molecular weight is 529 g/mol. The maximum Gasteiger partial charge on any atom is 0.303 e. The molecule has 1 heterocycles. The lowest BCUT2D eigenvalue weighted by molar-refractivity contribution is -0.137. The molecule has 210 valence electrons. The molecule has 0 aliphatic heterocycles. The minimum atomic E-state index is -0.675. The number of aryl methyl sites for hydroxylation is 1. The molecule has 4 nitrogen and oxygen atoms in total. The zero-order chi connectivity index (χ0) is 27.7. The van der Waals surface area contributed by atoms with E-state index in [1.807, 2.05) is 12.4 Å². The van der Waals surface area contributed by atoms with E-state index in [0.717, 1.165) is 30.7 Å². The van der Waals surface area contributed by atoms with Gasteiger partial charge in [0.15, 0.2) is 5.82 Å². The lowest BCUT2D eigenvalue weighted by atomic mass is 9.99. The van der Waals surface area contributed by atoms with E-state index in [0.29, 0.717) is 12.3 Å². The second-order valence-electron chi connectivity index (χ2n) is 11.0. The fourth-order valence-corrected chi connectivity index (χ4v) is 5.27. The molecule has 4 heteroatoms. The van der Waals surface area contributed by atoms with Crippen LogP contribution < -0.4 is 0 Å².